The van der Waals surface area contributed by atoms with Crippen molar-refractivity contribution in [1.82, 2.24) is 4.90 Å². The van der Waals surface area contributed by atoms with Crippen LogP contribution in [0.25, 0.3) is 0 Å². The Kier molecular flexibility index (Phi) is 6.17. The van der Waals surface area contributed by atoms with Crippen LogP contribution in [0.15, 0.2) is 18.2 Å². The summed E-state index contributed by atoms with van der Waals surface area (Å²) < 4.78 is 25.7. The van der Waals surface area contributed by atoms with Crippen LogP contribution in [-0.2, 0) is 4.74 Å². The molecule has 22 heavy (non-hydrogen) atoms. The summed E-state index contributed by atoms with van der Waals surface area (Å²) in [6, 6.07) is 4.99. The fourth-order valence-electron chi connectivity index (χ4n) is 2.59. The molecular formula is C17H28FN2O2+. The molecule has 4 nitrogen and oxygen atoms in total. The van der Waals surface area contributed by atoms with Crippen molar-refractivity contribution in [1.29, 1.82) is 0 Å². The lowest BCUT2D eigenvalue weighted by Crippen LogP contribution is -2.57. The van der Waals surface area contributed by atoms with Gasteiger partial charge in [-0.05, 0) is 31.7 Å². The Morgan fingerprint density at radius 3 is 2.59 bits per heavy atom. The molecular weight excluding hydrogens is 283 g/mol. The first-order chi connectivity index (χ1) is 10.5. The van der Waals surface area contributed by atoms with Gasteiger partial charge >= 0.3 is 0 Å². The summed E-state index contributed by atoms with van der Waals surface area (Å²) in [6.45, 7) is 9.11. The van der Waals surface area contributed by atoms with Gasteiger partial charge in [-0.1, -0.05) is 6.07 Å². The number of rotatable bonds is 7. The summed E-state index contributed by atoms with van der Waals surface area (Å²) in [6.07, 6.45) is 0. The van der Waals surface area contributed by atoms with Gasteiger partial charge in [0.05, 0.1) is 33.4 Å². The number of benzene rings is 1. The number of quaternary nitrogens is 1. The minimum Gasteiger partial charge on any atom is -0.488 e. The van der Waals surface area contributed by atoms with E-state index in [2.05, 4.69) is 19.0 Å². The number of halogens is 1. The summed E-state index contributed by atoms with van der Waals surface area (Å²) in [5.74, 6) is -0.0113. The lowest BCUT2D eigenvalue weighted by atomic mass is 10.2. The molecule has 1 fully saturated rings. The number of piperazine rings is 1. The van der Waals surface area contributed by atoms with E-state index in [-0.39, 0.29) is 5.82 Å². The van der Waals surface area contributed by atoms with Crippen molar-refractivity contribution < 1.29 is 18.3 Å². The second-order valence-corrected chi connectivity index (χ2v) is 6.49. The quantitative estimate of drug-likeness (QED) is 0.567. The van der Waals surface area contributed by atoms with E-state index in [1.807, 2.05) is 13.0 Å². The summed E-state index contributed by atoms with van der Waals surface area (Å²) in [4.78, 5) is 2.37. The van der Waals surface area contributed by atoms with Gasteiger partial charge in [-0.15, -0.1) is 0 Å². The number of likely N-dealkylation sites (N-methyl/N-ethyl adjacent to an activating group) is 2. The van der Waals surface area contributed by atoms with Crippen LogP contribution in [0.1, 0.15) is 5.56 Å². The maximum atomic E-state index is 13.6. The van der Waals surface area contributed by atoms with E-state index >= 15 is 0 Å². The molecule has 5 heteroatoms. The lowest BCUT2D eigenvalue weighted by Gasteiger charge is -2.40. The van der Waals surface area contributed by atoms with Crippen LogP contribution in [0.4, 0.5) is 4.39 Å². The molecule has 124 valence electrons. The van der Waals surface area contributed by atoms with Gasteiger partial charge in [0.25, 0.3) is 0 Å². The monoisotopic (exact) mass is 311 g/mol. The van der Waals surface area contributed by atoms with Gasteiger partial charge in [0, 0.05) is 13.1 Å². The smallest absolute Gasteiger partial charge is 0.165 e. The fourth-order valence-corrected chi connectivity index (χ4v) is 2.59. The highest BCUT2D eigenvalue weighted by molar-refractivity contribution is 5.28. The Morgan fingerprint density at radius 2 is 1.91 bits per heavy atom. The molecule has 1 aliphatic rings. The highest BCUT2D eigenvalue weighted by atomic mass is 19.1. The van der Waals surface area contributed by atoms with Crippen molar-refractivity contribution in [2.45, 2.75) is 6.92 Å². The van der Waals surface area contributed by atoms with Crippen LogP contribution in [0.5, 0.6) is 5.75 Å². The van der Waals surface area contributed by atoms with E-state index in [0.717, 1.165) is 36.3 Å². The first kappa shape index (κ1) is 17.2. The maximum absolute atomic E-state index is 13.6. The molecule has 0 bridgehead atoms. The van der Waals surface area contributed by atoms with E-state index in [0.29, 0.717) is 19.0 Å². The van der Waals surface area contributed by atoms with E-state index in [4.69, 9.17) is 9.47 Å². The van der Waals surface area contributed by atoms with Gasteiger partial charge in [-0.2, -0.15) is 0 Å². The van der Waals surface area contributed by atoms with Crippen molar-refractivity contribution in [2.75, 3.05) is 66.6 Å². The molecule has 2 rings (SSSR count). The summed E-state index contributed by atoms with van der Waals surface area (Å²) >= 11 is 0. The highest BCUT2D eigenvalue weighted by Gasteiger charge is 2.26. The topological polar surface area (TPSA) is 21.7 Å². The Labute approximate surface area is 133 Å². The van der Waals surface area contributed by atoms with Crippen LogP contribution in [0.2, 0.25) is 0 Å². The maximum Gasteiger partial charge on any atom is 0.165 e. The zero-order valence-corrected chi connectivity index (χ0v) is 14.0. The second-order valence-electron chi connectivity index (χ2n) is 6.49. The molecule has 1 aromatic rings. The number of hydrogen-bond acceptors (Lipinski definition) is 3. The Hall–Kier alpha value is -1.17. The standard InChI is InChI=1S/C17H28FN2O2/c1-15-4-5-17(16(18)14-15)22-13-12-21-11-10-20(3)8-6-19(2)7-9-20/h4-5,14H,6-13H2,1-3H3/q+1. The molecule has 1 saturated heterocycles. The molecule has 0 aliphatic carbocycles. The number of aryl methyl sites for hydroxylation is 1. The predicted octanol–water partition coefficient (Wildman–Crippen LogP) is 1.92. The normalized spacial score (nSPS) is 18.4. The molecule has 1 heterocycles. The molecule has 0 aromatic heterocycles. The van der Waals surface area contributed by atoms with Crippen LogP contribution in [0, 0.1) is 12.7 Å². The molecule has 1 aromatic carbocycles. The number of nitrogens with zero attached hydrogens (tertiary/aromatic N) is 2. The van der Waals surface area contributed by atoms with Gasteiger partial charge < -0.3 is 14.0 Å². The molecule has 0 unspecified atom stereocenters. The molecule has 0 atom stereocenters. The van der Waals surface area contributed by atoms with Crippen molar-refractivity contribution in [3.05, 3.63) is 29.6 Å². The molecule has 0 radical (unpaired) electrons. The first-order valence-electron chi connectivity index (χ1n) is 7.97. The Morgan fingerprint density at radius 1 is 1.18 bits per heavy atom. The molecule has 1 aliphatic heterocycles. The third kappa shape index (κ3) is 5.23. The minimum absolute atomic E-state index is 0.298. The van der Waals surface area contributed by atoms with Gasteiger partial charge in [0.1, 0.15) is 13.2 Å². The predicted molar refractivity (Wildman–Crippen MR) is 85.7 cm³/mol. The average Bonchev–Trinajstić information content (AvgIpc) is 2.48. The van der Waals surface area contributed by atoms with Gasteiger partial charge in [-0.3, -0.25) is 4.90 Å². The number of ether oxygens (including phenoxy) is 2. The number of hydrogen-bond donors (Lipinski definition) is 0. The van der Waals surface area contributed by atoms with E-state index in [1.165, 1.54) is 19.2 Å². The first-order valence-corrected chi connectivity index (χ1v) is 7.97. The van der Waals surface area contributed by atoms with Crippen molar-refractivity contribution >= 4 is 0 Å². The molecule has 0 spiro atoms. The van der Waals surface area contributed by atoms with E-state index in [9.17, 15) is 4.39 Å². The van der Waals surface area contributed by atoms with Crippen LogP contribution < -0.4 is 4.74 Å². The van der Waals surface area contributed by atoms with Gasteiger partial charge in [-0.25, -0.2) is 4.39 Å². The zero-order chi connectivity index (χ0) is 16.0. The molecule has 0 saturated carbocycles. The minimum atomic E-state index is -0.310. The fraction of sp³-hybridized carbons (Fsp3) is 0.647. The molecule has 0 amide bonds. The van der Waals surface area contributed by atoms with Gasteiger partial charge in [0.15, 0.2) is 11.6 Å². The van der Waals surface area contributed by atoms with Crippen molar-refractivity contribution in [2.24, 2.45) is 0 Å². The van der Waals surface area contributed by atoms with E-state index in [1.54, 1.807) is 6.07 Å². The van der Waals surface area contributed by atoms with Crippen LogP contribution in [0.3, 0.4) is 0 Å². The van der Waals surface area contributed by atoms with E-state index < -0.39 is 0 Å². The Bertz CT molecular complexity index is 474. The lowest BCUT2D eigenvalue weighted by molar-refractivity contribution is -0.913. The SMILES string of the molecule is Cc1ccc(OCCOCC[N+]2(C)CCN(C)CC2)c(F)c1. The zero-order valence-electron chi connectivity index (χ0n) is 14.0. The largest absolute Gasteiger partial charge is 0.488 e. The summed E-state index contributed by atoms with van der Waals surface area (Å²) in [7, 11) is 4.45. The average molecular weight is 311 g/mol. The third-order valence-corrected chi connectivity index (χ3v) is 4.39. The Balaban J connectivity index is 1.59. The highest BCUT2D eigenvalue weighted by Crippen LogP contribution is 2.17. The molecule has 0 N–H and O–H groups in total. The summed E-state index contributed by atoms with van der Waals surface area (Å²) in [5.41, 5.74) is 0.894. The van der Waals surface area contributed by atoms with Crippen molar-refractivity contribution in [3.8, 4) is 5.75 Å². The van der Waals surface area contributed by atoms with Crippen molar-refractivity contribution in [3.63, 3.8) is 0 Å². The van der Waals surface area contributed by atoms with Gasteiger partial charge in [0.2, 0.25) is 0 Å². The van der Waals surface area contributed by atoms with Crippen LogP contribution in [-0.4, -0.2) is 76.0 Å². The summed E-state index contributed by atoms with van der Waals surface area (Å²) in [5, 5.41) is 0. The van der Waals surface area contributed by atoms with Crippen LogP contribution >= 0.6 is 0 Å². The second kappa shape index (κ2) is 7.90. The third-order valence-electron chi connectivity index (χ3n) is 4.39.